The summed E-state index contributed by atoms with van der Waals surface area (Å²) < 4.78 is 45.1. The molecule has 0 unspecified atom stereocenters. The largest absolute Gasteiger partial charge is 0.493 e. The predicted octanol–water partition coefficient (Wildman–Crippen LogP) is 4.43. The van der Waals surface area contributed by atoms with Gasteiger partial charge in [0.05, 0.1) is 31.0 Å². The zero-order valence-electron chi connectivity index (χ0n) is 20.1. The standard InChI is InChI=1S/C26H26N4O5S/c1-17-7-10-21(11-8-17)36(31,32)30-25-26(29-22(15-28-25)19-5-4-6-20(27)14-19)35-16-18-9-12-23(33-2)24(13-18)34-3/h4-15H,16,27H2,1-3H3,(H,28,30). The highest BCUT2D eigenvalue weighted by Gasteiger charge is 2.20. The molecule has 0 aliphatic heterocycles. The first-order valence-corrected chi connectivity index (χ1v) is 12.4. The molecule has 4 aromatic rings. The van der Waals surface area contributed by atoms with Crippen molar-refractivity contribution in [2.75, 3.05) is 24.7 Å². The van der Waals surface area contributed by atoms with E-state index in [1.807, 2.05) is 19.1 Å². The molecule has 36 heavy (non-hydrogen) atoms. The van der Waals surface area contributed by atoms with Crippen molar-refractivity contribution in [3.63, 3.8) is 0 Å². The fourth-order valence-corrected chi connectivity index (χ4v) is 4.41. The van der Waals surface area contributed by atoms with Gasteiger partial charge in [-0.3, -0.25) is 4.72 Å². The molecule has 10 heteroatoms. The van der Waals surface area contributed by atoms with Gasteiger partial charge in [0.25, 0.3) is 15.9 Å². The van der Waals surface area contributed by atoms with E-state index < -0.39 is 10.0 Å². The summed E-state index contributed by atoms with van der Waals surface area (Å²) in [7, 11) is -0.832. The fraction of sp³-hybridized carbons (Fsp3) is 0.154. The van der Waals surface area contributed by atoms with Crippen LogP contribution < -0.4 is 24.7 Å². The van der Waals surface area contributed by atoms with Crippen LogP contribution in [0.25, 0.3) is 11.3 Å². The quantitative estimate of drug-likeness (QED) is 0.319. The Balaban J connectivity index is 1.68. The Bertz CT molecular complexity index is 1470. The normalized spacial score (nSPS) is 11.1. The maximum absolute atomic E-state index is 13.0. The van der Waals surface area contributed by atoms with Crippen molar-refractivity contribution in [3.8, 4) is 28.6 Å². The summed E-state index contributed by atoms with van der Waals surface area (Å²) in [6, 6.07) is 19.0. The fourth-order valence-electron chi connectivity index (χ4n) is 3.41. The third kappa shape index (κ3) is 5.66. The maximum atomic E-state index is 13.0. The second-order valence-corrected chi connectivity index (χ2v) is 9.61. The van der Waals surface area contributed by atoms with E-state index in [4.69, 9.17) is 19.9 Å². The van der Waals surface area contributed by atoms with Gasteiger partial charge in [-0.15, -0.1) is 0 Å². The molecule has 0 saturated carbocycles. The number of aromatic nitrogens is 2. The van der Waals surface area contributed by atoms with E-state index >= 15 is 0 Å². The molecule has 0 aliphatic rings. The lowest BCUT2D eigenvalue weighted by molar-refractivity contribution is 0.293. The Hall–Kier alpha value is -4.31. The molecule has 0 atom stereocenters. The molecule has 0 spiro atoms. The zero-order chi connectivity index (χ0) is 25.7. The number of nitrogens with two attached hydrogens (primary N) is 1. The van der Waals surface area contributed by atoms with Gasteiger partial charge in [-0.2, -0.15) is 0 Å². The Morgan fingerprint density at radius 2 is 1.69 bits per heavy atom. The Kier molecular flexibility index (Phi) is 7.25. The van der Waals surface area contributed by atoms with E-state index in [1.54, 1.807) is 56.7 Å². The molecule has 186 valence electrons. The van der Waals surface area contributed by atoms with Crippen molar-refractivity contribution in [2.24, 2.45) is 0 Å². The minimum absolute atomic E-state index is 0.0143. The molecule has 0 aliphatic carbocycles. The lowest BCUT2D eigenvalue weighted by atomic mass is 10.1. The van der Waals surface area contributed by atoms with Gasteiger partial charge in [0.2, 0.25) is 5.82 Å². The zero-order valence-corrected chi connectivity index (χ0v) is 20.9. The van der Waals surface area contributed by atoms with Crippen molar-refractivity contribution in [3.05, 3.63) is 84.1 Å². The second-order valence-electron chi connectivity index (χ2n) is 7.93. The number of anilines is 2. The molecule has 3 aromatic carbocycles. The molecule has 0 fully saturated rings. The van der Waals surface area contributed by atoms with Gasteiger partial charge in [-0.25, -0.2) is 18.4 Å². The maximum Gasteiger partial charge on any atom is 0.263 e. The first kappa shape index (κ1) is 24.8. The first-order chi connectivity index (χ1) is 17.3. The highest BCUT2D eigenvalue weighted by molar-refractivity contribution is 7.92. The van der Waals surface area contributed by atoms with Gasteiger partial charge in [-0.05, 0) is 48.9 Å². The van der Waals surface area contributed by atoms with E-state index in [1.165, 1.54) is 18.3 Å². The number of nitrogen functional groups attached to an aromatic ring is 1. The van der Waals surface area contributed by atoms with Crippen molar-refractivity contribution in [1.29, 1.82) is 0 Å². The molecule has 1 heterocycles. The molecule has 3 N–H and O–H groups in total. The predicted molar refractivity (Wildman–Crippen MR) is 138 cm³/mol. The van der Waals surface area contributed by atoms with Gasteiger partial charge in [0.1, 0.15) is 6.61 Å². The topological polar surface area (TPSA) is 126 Å². The molecule has 0 bridgehead atoms. The summed E-state index contributed by atoms with van der Waals surface area (Å²) in [5, 5.41) is 0. The van der Waals surface area contributed by atoms with Crippen molar-refractivity contribution in [2.45, 2.75) is 18.4 Å². The second kappa shape index (κ2) is 10.5. The van der Waals surface area contributed by atoms with E-state index in [9.17, 15) is 8.42 Å². The van der Waals surface area contributed by atoms with Gasteiger partial charge in [-0.1, -0.05) is 35.9 Å². The Morgan fingerprint density at radius 1 is 0.944 bits per heavy atom. The molecule has 0 amide bonds. The van der Waals surface area contributed by atoms with Gasteiger partial charge in [0.15, 0.2) is 11.5 Å². The van der Waals surface area contributed by atoms with Crippen LogP contribution in [-0.2, 0) is 16.6 Å². The van der Waals surface area contributed by atoms with Crippen LogP contribution in [0.2, 0.25) is 0 Å². The van der Waals surface area contributed by atoms with Crippen molar-refractivity contribution in [1.82, 2.24) is 9.97 Å². The highest BCUT2D eigenvalue weighted by Crippen LogP contribution is 2.30. The van der Waals surface area contributed by atoms with E-state index in [0.29, 0.717) is 28.4 Å². The molecule has 1 aromatic heterocycles. The molecule has 0 radical (unpaired) electrons. The number of nitrogens with one attached hydrogen (secondary N) is 1. The lowest BCUT2D eigenvalue weighted by Crippen LogP contribution is -2.15. The molecular formula is C26H26N4O5S. The number of sulfonamides is 1. The summed E-state index contributed by atoms with van der Waals surface area (Å²) in [5.74, 6) is 1.10. The minimum Gasteiger partial charge on any atom is -0.493 e. The molecule has 4 rings (SSSR count). The van der Waals surface area contributed by atoms with E-state index in [-0.39, 0.29) is 23.2 Å². The summed E-state index contributed by atoms with van der Waals surface area (Å²) in [6.45, 7) is 1.96. The van der Waals surface area contributed by atoms with Crippen LogP contribution in [0.3, 0.4) is 0 Å². The Morgan fingerprint density at radius 3 is 2.39 bits per heavy atom. The van der Waals surface area contributed by atoms with Gasteiger partial charge < -0.3 is 19.9 Å². The number of methoxy groups -OCH3 is 2. The minimum atomic E-state index is -3.93. The van der Waals surface area contributed by atoms with Gasteiger partial charge in [0, 0.05) is 11.3 Å². The van der Waals surface area contributed by atoms with E-state index in [2.05, 4.69) is 14.7 Å². The number of hydrogen-bond acceptors (Lipinski definition) is 8. The van der Waals surface area contributed by atoms with Gasteiger partial charge >= 0.3 is 0 Å². The monoisotopic (exact) mass is 506 g/mol. The third-order valence-corrected chi connectivity index (χ3v) is 6.66. The average molecular weight is 507 g/mol. The van der Waals surface area contributed by atoms with Crippen LogP contribution >= 0.6 is 0 Å². The third-order valence-electron chi connectivity index (χ3n) is 5.31. The van der Waals surface area contributed by atoms with Crippen LogP contribution in [0.5, 0.6) is 17.4 Å². The van der Waals surface area contributed by atoms with Crippen LogP contribution in [0.15, 0.2) is 77.8 Å². The number of hydrogen-bond donors (Lipinski definition) is 2. The van der Waals surface area contributed by atoms with Crippen molar-refractivity contribution < 1.29 is 22.6 Å². The number of aryl methyl sites for hydroxylation is 1. The summed E-state index contributed by atoms with van der Waals surface area (Å²) in [4.78, 5) is 8.97. The average Bonchev–Trinajstić information content (AvgIpc) is 2.88. The molecule has 9 nitrogen and oxygen atoms in total. The Labute approximate surface area is 209 Å². The summed E-state index contributed by atoms with van der Waals surface area (Å²) >= 11 is 0. The first-order valence-electron chi connectivity index (χ1n) is 10.9. The van der Waals surface area contributed by atoms with Crippen LogP contribution in [0, 0.1) is 6.92 Å². The van der Waals surface area contributed by atoms with Crippen molar-refractivity contribution >= 4 is 21.5 Å². The molecular weight excluding hydrogens is 480 g/mol. The summed E-state index contributed by atoms with van der Waals surface area (Å²) in [6.07, 6.45) is 1.46. The number of rotatable bonds is 9. The highest BCUT2D eigenvalue weighted by atomic mass is 32.2. The summed E-state index contributed by atoms with van der Waals surface area (Å²) in [5.41, 5.74) is 9.37. The number of nitrogens with zero attached hydrogens (tertiary/aromatic N) is 2. The SMILES string of the molecule is COc1ccc(COc2nc(-c3cccc(N)c3)cnc2NS(=O)(=O)c2ccc(C)cc2)cc1OC. The van der Waals surface area contributed by atoms with Crippen LogP contribution in [0.4, 0.5) is 11.5 Å². The number of benzene rings is 3. The smallest absolute Gasteiger partial charge is 0.263 e. The lowest BCUT2D eigenvalue weighted by Gasteiger charge is -2.14. The van der Waals surface area contributed by atoms with Crippen LogP contribution in [-0.4, -0.2) is 32.6 Å². The van der Waals surface area contributed by atoms with Crippen LogP contribution in [0.1, 0.15) is 11.1 Å². The van der Waals surface area contributed by atoms with E-state index in [0.717, 1.165) is 11.1 Å². The molecule has 0 saturated heterocycles. The number of ether oxygens (including phenoxy) is 3.